The topological polar surface area (TPSA) is 140 Å². The van der Waals surface area contributed by atoms with E-state index >= 15 is 0 Å². The summed E-state index contributed by atoms with van der Waals surface area (Å²) in [6.45, 7) is 5.81. The van der Waals surface area contributed by atoms with E-state index in [1.165, 1.54) is 13.0 Å². The van der Waals surface area contributed by atoms with Crippen molar-refractivity contribution in [2.45, 2.75) is 39.3 Å². The average molecular weight is 548 g/mol. The Morgan fingerprint density at radius 2 is 1.68 bits per heavy atom. The normalized spacial score (nSPS) is 19.7. The van der Waals surface area contributed by atoms with Crippen LogP contribution in [0.3, 0.4) is 0 Å². The van der Waals surface area contributed by atoms with Crippen LogP contribution in [0.5, 0.6) is 11.5 Å². The minimum absolute atomic E-state index is 0.188. The van der Waals surface area contributed by atoms with Crippen LogP contribution in [0.1, 0.15) is 44.4 Å². The van der Waals surface area contributed by atoms with Crippen molar-refractivity contribution in [3.63, 3.8) is 0 Å². The standard InChI is InChI=1S/C30H33N3O7/c1-17(2)27(28(36)26-18(3)29(37)33-30(26)38)32-25(35)16-21(20-10-11-22-23(15-20)40-14-13-39-22)31-24(34)12-9-19-7-5-4-6-8-19/h4-12,15,17-18,21,26-27H,13-14,16H2,1-3H3,(H,31,34)(H,32,35)(H,33,37,38)/b12-9+/t18-,21?,26+,27-/m0/s1. The van der Waals surface area contributed by atoms with Crippen LogP contribution in [0.4, 0.5) is 0 Å². The van der Waals surface area contributed by atoms with Crippen molar-refractivity contribution in [3.05, 3.63) is 65.7 Å². The van der Waals surface area contributed by atoms with Gasteiger partial charge in [-0.05, 0) is 35.3 Å². The molecule has 40 heavy (non-hydrogen) atoms. The number of carbonyl (C=O) groups is 5. The highest BCUT2D eigenvalue weighted by Gasteiger charge is 2.46. The van der Waals surface area contributed by atoms with Crippen LogP contribution in [0.2, 0.25) is 0 Å². The van der Waals surface area contributed by atoms with Crippen molar-refractivity contribution in [1.82, 2.24) is 16.0 Å². The maximum absolute atomic E-state index is 13.3. The van der Waals surface area contributed by atoms with Crippen LogP contribution in [0.25, 0.3) is 6.08 Å². The summed E-state index contributed by atoms with van der Waals surface area (Å²) in [7, 11) is 0. The Kier molecular flexibility index (Phi) is 8.98. The molecule has 1 unspecified atom stereocenters. The molecule has 10 nitrogen and oxygen atoms in total. The molecule has 0 aromatic heterocycles. The van der Waals surface area contributed by atoms with E-state index in [0.29, 0.717) is 30.3 Å². The van der Waals surface area contributed by atoms with Crippen LogP contribution < -0.4 is 25.4 Å². The summed E-state index contributed by atoms with van der Waals surface area (Å²) < 4.78 is 11.3. The number of ketones is 1. The first-order valence-electron chi connectivity index (χ1n) is 13.2. The maximum Gasteiger partial charge on any atom is 0.244 e. The molecule has 2 aromatic carbocycles. The molecule has 0 aliphatic carbocycles. The van der Waals surface area contributed by atoms with Gasteiger partial charge in [-0.3, -0.25) is 29.3 Å². The van der Waals surface area contributed by atoms with E-state index in [1.54, 1.807) is 38.1 Å². The molecule has 2 aliphatic rings. The van der Waals surface area contributed by atoms with Gasteiger partial charge in [0.25, 0.3) is 0 Å². The lowest BCUT2D eigenvalue weighted by atomic mass is 9.85. The highest BCUT2D eigenvalue weighted by molar-refractivity contribution is 6.16. The monoisotopic (exact) mass is 547 g/mol. The number of carbonyl (C=O) groups excluding carboxylic acids is 5. The Morgan fingerprint density at radius 1 is 0.975 bits per heavy atom. The Balaban J connectivity index is 1.52. The Morgan fingerprint density at radius 3 is 2.33 bits per heavy atom. The van der Waals surface area contributed by atoms with Gasteiger partial charge in [-0.2, -0.15) is 0 Å². The average Bonchev–Trinajstić information content (AvgIpc) is 3.20. The number of benzene rings is 2. The molecule has 3 N–H and O–H groups in total. The van der Waals surface area contributed by atoms with E-state index < -0.39 is 53.3 Å². The number of hydrogen-bond acceptors (Lipinski definition) is 7. The van der Waals surface area contributed by atoms with Gasteiger partial charge in [0.2, 0.25) is 23.6 Å². The SMILES string of the molecule is CC(C)[C@H](NC(=O)CC(NC(=O)/C=C/c1ccccc1)c1ccc2c(c1)OCCO2)C(=O)[C@@H]1C(=O)NC(=O)[C@H]1C. The van der Waals surface area contributed by atoms with E-state index in [4.69, 9.17) is 9.47 Å². The molecule has 1 fully saturated rings. The summed E-state index contributed by atoms with van der Waals surface area (Å²) >= 11 is 0. The van der Waals surface area contributed by atoms with E-state index in [1.807, 2.05) is 30.3 Å². The number of hydrogen-bond donors (Lipinski definition) is 3. The number of fused-ring (bicyclic) bond motifs is 1. The Labute approximate surface area is 232 Å². The Bertz CT molecular complexity index is 1320. The molecule has 210 valence electrons. The molecule has 10 heteroatoms. The van der Waals surface area contributed by atoms with Gasteiger partial charge in [0.15, 0.2) is 17.3 Å². The zero-order valence-electron chi connectivity index (χ0n) is 22.6. The number of nitrogens with one attached hydrogen (secondary N) is 3. The minimum Gasteiger partial charge on any atom is -0.486 e. The third kappa shape index (κ3) is 6.74. The van der Waals surface area contributed by atoms with Crippen molar-refractivity contribution in [2.24, 2.45) is 17.8 Å². The van der Waals surface area contributed by atoms with Gasteiger partial charge in [0.1, 0.15) is 19.1 Å². The largest absolute Gasteiger partial charge is 0.486 e. The predicted molar refractivity (Wildman–Crippen MR) is 146 cm³/mol. The van der Waals surface area contributed by atoms with Crippen molar-refractivity contribution in [1.29, 1.82) is 0 Å². The lowest BCUT2D eigenvalue weighted by Gasteiger charge is -2.26. The molecule has 0 radical (unpaired) electrons. The third-order valence-electron chi connectivity index (χ3n) is 6.94. The van der Waals surface area contributed by atoms with Crippen LogP contribution in [0.15, 0.2) is 54.6 Å². The molecular weight excluding hydrogens is 514 g/mol. The van der Waals surface area contributed by atoms with Gasteiger partial charge in [0.05, 0.1) is 24.4 Å². The Hall–Kier alpha value is -4.47. The minimum atomic E-state index is -1.17. The predicted octanol–water partition coefficient (Wildman–Crippen LogP) is 2.34. The first-order chi connectivity index (χ1) is 19.1. The molecule has 2 heterocycles. The highest BCUT2D eigenvalue weighted by atomic mass is 16.6. The second-order valence-corrected chi connectivity index (χ2v) is 10.2. The number of ether oxygens (including phenoxy) is 2. The van der Waals surface area contributed by atoms with Gasteiger partial charge in [-0.25, -0.2) is 0 Å². The fourth-order valence-electron chi connectivity index (χ4n) is 4.73. The van der Waals surface area contributed by atoms with Crippen LogP contribution in [-0.2, 0) is 24.0 Å². The molecule has 2 aliphatic heterocycles. The summed E-state index contributed by atoms with van der Waals surface area (Å²) in [4.78, 5) is 63.6. The molecular formula is C30H33N3O7. The summed E-state index contributed by atoms with van der Waals surface area (Å²) in [5.41, 5.74) is 1.45. The number of Topliss-reactive ketones (excluding diaryl/α,β-unsaturated/α-hetero) is 1. The fourth-order valence-corrected chi connectivity index (χ4v) is 4.73. The quantitative estimate of drug-likeness (QED) is 0.236. The van der Waals surface area contributed by atoms with Crippen LogP contribution >= 0.6 is 0 Å². The second-order valence-electron chi connectivity index (χ2n) is 10.2. The maximum atomic E-state index is 13.3. The second kappa shape index (κ2) is 12.6. The molecule has 4 rings (SSSR count). The van der Waals surface area contributed by atoms with Crippen molar-refractivity contribution in [3.8, 4) is 11.5 Å². The number of imide groups is 1. The molecule has 4 atom stereocenters. The van der Waals surface area contributed by atoms with Gasteiger partial charge in [-0.1, -0.05) is 57.2 Å². The van der Waals surface area contributed by atoms with Gasteiger partial charge < -0.3 is 20.1 Å². The van der Waals surface area contributed by atoms with Crippen LogP contribution in [0, 0.1) is 17.8 Å². The highest BCUT2D eigenvalue weighted by Crippen LogP contribution is 2.33. The molecule has 1 saturated heterocycles. The summed E-state index contributed by atoms with van der Waals surface area (Å²) in [6.07, 6.45) is 2.86. The van der Waals surface area contributed by atoms with E-state index in [2.05, 4.69) is 16.0 Å². The van der Waals surface area contributed by atoms with Crippen molar-refractivity contribution < 1.29 is 33.4 Å². The lowest BCUT2D eigenvalue weighted by Crippen LogP contribution is -2.49. The fraction of sp³-hybridized carbons (Fsp3) is 0.367. The van der Waals surface area contributed by atoms with E-state index in [0.717, 1.165) is 5.56 Å². The molecule has 4 amide bonds. The molecule has 2 aromatic rings. The van der Waals surface area contributed by atoms with Crippen LogP contribution in [-0.4, -0.2) is 48.7 Å². The van der Waals surface area contributed by atoms with Crippen molar-refractivity contribution in [2.75, 3.05) is 13.2 Å². The zero-order valence-corrected chi connectivity index (χ0v) is 22.6. The van der Waals surface area contributed by atoms with E-state index in [9.17, 15) is 24.0 Å². The summed E-state index contributed by atoms with van der Waals surface area (Å²) in [6, 6.07) is 12.7. The number of rotatable bonds is 10. The summed E-state index contributed by atoms with van der Waals surface area (Å²) in [5.74, 6) is -3.87. The molecule has 0 spiro atoms. The molecule has 0 bridgehead atoms. The van der Waals surface area contributed by atoms with Gasteiger partial charge >= 0.3 is 0 Å². The van der Waals surface area contributed by atoms with Gasteiger partial charge in [-0.15, -0.1) is 0 Å². The smallest absolute Gasteiger partial charge is 0.244 e. The zero-order chi connectivity index (χ0) is 28.8. The lowest BCUT2D eigenvalue weighted by molar-refractivity contribution is -0.137. The van der Waals surface area contributed by atoms with E-state index in [-0.39, 0.29) is 12.3 Å². The first kappa shape index (κ1) is 28.5. The molecule has 0 saturated carbocycles. The summed E-state index contributed by atoms with van der Waals surface area (Å²) in [5, 5.41) is 7.79. The van der Waals surface area contributed by atoms with Crippen molar-refractivity contribution >= 4 is 35.5 Å². The third-order valence-corrected chi connectivity index (χ3v) is 6.94. The number of amides is 4. The first-order valence-corrected chi connectivity index (χ1v) is 13.2. The van der Waals surface area contributed by atoms with Gasteiger partial charge in [0, 0.05) is 6.08 Å².